The number of nitrogens with zero attached hydrogens (tertiary/aromatic N) is 2. The Bertz CT molecular complexity index is 520. The first-order valence-electron chi connectivity index (χ1n) is 8.46. The topological polar surface area (TPSA) is 48.9 Å². The smallest absolute Gasteiger partial charge is 0.191 e. The van der Waals surface area contributed by atoms with Crippen LogP contribution in [0.5, 0.6) is 0 Å². The summed E-state index contributed by atoms with van der Waals surface area (Å²) >= 11 is 0. The molecule has 0 spiro atoms. The molecule has 136 valence electrons. The molecule has 1 rings (SSSR count). The van der Waals surface area contributed by atoms with E-state index < -0.39 is 0 Å². The van der Waals surface area contributed by atoms with E-state index in [4.69, 9.17) is 4.74 Å². The van der Waals surface area contributed by atoms with Gasteiger partial charge in [-0.2, -0.15) is 0 Å². The van der Waals surface area contributed by atoms with Crippen LogP contribution in [-0.2, 0) is 17.8 Å². The van der Waals surface area contributed by atoms with Crippen LogP contribution in [0, 0.1) is 5.41 Å². The highest BCUT2D eigenvalue weighted by molar-refractivity contribution is 5.79. The fraction of sp³-hybridized carbons (Fsp3) is 0.632. The average molecular weight is 335 g/mol. The fourth-order valence-electron chi connectivity index (χ4n) is 2.56. The molecular weight excluding hydrogens is 300 g/mol. The molecular formula is C19H34N4O. The van der Waals surface area contributed by atoms with Crippen molar-refractivity contribution in [1.82, 2.24) is 15.5 Å². The Kier molecular flexibility index (Phi) is 8.22. The highest BCUT2D eigenvalue weighted by Gasteiger charge is 2.24. The first-order valence-corrected chi connectivity index (χ1v) is 8.46. The molecule has 24 heavy (non-hydrogen) atoms. The van der Waals surface area contributed by atoms with Gasteiger partial charge in [-0.25, -0.2) is 0 Å². The Morgan fingerprint density at radius 2 is 1.79 bits per heavy atom. The second kappa shape index (κ2) is 9.64. The summed E-state index contributed by atoms with van der Waals surface area (Å²) in [6.45, 7) is 8.93. The molecule has 0 aliphatic heterocycles. The van der Waals surface area contributed by atoms with Gasteiger partial charge in [-0.3, -0.25) is 4.99 Å². The van der Waals surface area contributed by atoms with Gasteiger partial charge in [0.25, 0.3) is 0 Å². The number of ether oxygens (including phenoxy) is 1. The number of benzene rings is 1. The summed E-state index contributed by atoms with van der Waals surface area (Å²) in [5, 5.41) is 6.76. The lowest BCUT2D eigenvalue weighted by Gasteiger charge is -2.30. The second-order valence-corrected chi connectivity index (χ2v) is 7.40. The number of nitrogens with one attached hydrogen (secondary N) is 2. The van der Waals surface area contributed by atoms with Crippen LogP contribution in [0.15, 0.2) is 29.3 Å². The average Bonchev–Trinajstić information content (AvgIpc) is 2.50. The number of hydrogen-bond acceptors (Lipinski definition) is 3. The number of methoxy groups -OCH3 is 1. The molecule has 0 aliphatic rings. The molecule has 0 saturated carbocycles. The van der Waals surface area contributed by atoms with Gasteiger partial charge in [0.05, 0.1) is 6.10 Å². The zero-order valence-electron chi connectivity index (χ0n) is 16.3. The van der Waals surface area contributed by atoms with Crippen molar-refractivity contribution in [2.45, 2.75) is 40.0 Å². The van der Waals surface area contributed by atoms with Crippen LogP contribution in [0.1, 0.15) is 31.9 Å². The summed E-state index contributed by atoms with van der Waals surface area (Å²) in [6, 6.07) is 8.49. The molecule has 1 atom stereocenters. The van der Waals surface area contributed by atoms with Crippen LogP contribution >= 0.6 is 0 Å². The predicted molar refractivity (Wildman–Crippen MR) is 102 cm³/mol. The molecule has 0 amide bonds. The lowest BCUT2D eigenvalue weighted by molar-refractivity contribution is 0.0205. The van der Waals surface area contributed by atoms with E-state index >= 15 is 0 Å². The van der Waals surface area contributed by atoms with Crippen LogP contribution in [0.25, 0.3) is 0 Å². The zero-order chi connectivity index (χ0) is 18.2. The van der Waals surface area contributed by atoms with Gasteiger partial charge in [-0.05, 0) is 30.6 Å². The normalized spacial score (nSPS) is 13.9. The molecule has 0 radical (unpaired) electrons. The molecule has 5 heteroatoms. The van der Waals surface area contributed by atoms with Gasteiger partial charge >= 0.3 is 0 Å². The Labute approximate surface area is 147 Å². The van der Waals surface area contributed by atoms with E-state index in [1.54, 1.807) is 14.2 Å². The lowest BCUT2D eigenvalue weighted by Crippen LogP contribution is -2.45. The minimum atomic E-state index is 0.0823. The molecule has 1 unspecified atom stereocenters. The third-order valence-electron chi connectivity index (χ3n) is 3.98. The summed E-state index contributed by atoms with van der Waals surface area (Å²) in [6.07, 6.45) is 0.122. The molecule has 0 aromatic heterocycles. The quantitative estimate of drug-likeness (QED) is 0.594. The fourth-order valence-corrected chi connectivity index (χ4v) is 2.56. The molecule has 1 aromatic carbocycles. The predicted octanol–water partition coefficient (Wildman–Crippen LogP) is 2.47. The Balaban J connectivity index is 2.62. The van der Waals surface area contributed by atoms with Crippen LogP contribution in [-0.4, -0.2) is 51.8 Å². The van der Waals surface area contributed by atoms with Gasteiger partial charge in [0.1, 0.15) is 0 Å². The molecule has 5 nitrogen and oxygen atoms in total. The first-order chi connectivity index (χ1) is 11.3. The molecule has 1 aromatic rings. The third kappa shape index (κ3) is 6.89. The van der Waals surface area contributed by atoms with Crippen molar-refractivity contribution in [2.75, 3.05) is 34.8 Å². The summed E-state index contributed by atoms with van der Waals surface area (Å²) in [5.41, 5.74) is 2.70. The van der Waals surface area contributed by atoms with Gasteiger partial charge in [0, 0.05) is 33.8 Å². The van der Waals surface area contributed by atoms with E-state index in [1.807, 2.05) is 0 Å². The third-order valence-corrected chi connectivity index (χ3v) is 3.98. The second-order valence-electron chi connectivity index (χ2n) is 7.40. The van der Waals surface area contributed by atoms with E-state index in [0.717, 1.165) is 25.6 Å². The van der Waals surface area contributed by atoms with E-state index in [-0.39, 0.29) is 11.5 Å². The number of guanidine groups is 1. The summed E-state index contributed by atoms with van der Waals surface area (Å²) in [4.78, 5) is 6.49. The van der Waals surface area contributed by atoms with E-state index in [0.29, 0.717) is 0 Å². The van der Waals surface area contributed by atoms with Crippen molar-refractivity contribution in [3.63, 3.8) is 0 Å². The van der Waals surface area contributed by atoms with Crippen molar-refractivity contribution in [2.24, 2.45) is 10.4 Å². The maximum Gasteiger partial charge on any atom is 0.191 e. The monoisotopic (exact) mass is 334 g/mol. The Morgan fingerprint density at radius 3 is 2.29 bits per heavy atom. The summed E-state index contributed by atoms with van der Waals surface area (Å²) in [5.74, 6) is 0.793. The van der Waals surface area contributed by atoms with Crippen LogP contribution in [0.4, 0.5) is 0 Å². The SMILES string of the molecule is CN=C(NCc1ccccc1CN(C)C)NCC(OC)C(C)(C)C. The molecule has 0 heterocycles. The molecule has 0 aliphatic carbocycles. The van der Waals surface area contributed by atoms with Crippen molar-refractivity contribution >= 4 is 5.96 Å². The Morgan fingerprint density at radius 1 is 1.17 bits per heavy atom. The standard InChI is InChI=1S/C19H34N4O/c1-19(2,3)17(24-7)13-22-18(20-4)21-12-15-10-8-9-11-16(15)14-23(5)6/h8-11,17H,12-14H2,1-7H3,(H2,20,21,22). The largest absolute Gasteiger partial charge is 0.379 e. The first kappa shape index (κ1) is 20.5. The van der Waals surface area contributed by atoms with Gasteiger partial charge in [-0.1, -0.05) is 45.0 Å². The van der Waals surface area contributed by atoms with Crippen LogP contribution in [0.3, 0.4) is 0 Å². The van der Waals surface area contributed by atoms with Gasteiger partial charge in [0.2, 0.25) is 0 Å². The maximum atomic E-state index is 5.58. The number of rotatable bonds is 7. The number of hydrogen-bond donors (Lipinski definition) is 2. The van der Waals surface area contributed by atoms with Crippen molar-refractivity contribution in [3.8, 4) is 0 Å². The van der Waals surface area contributed by atoms with Crippen molar-refractivity contribution < 1.29 is 4.74 Å². The number of aliphatic imine (C=N–C) groups is 1. The molecule has 0 bridgehead atoms. The highest BCUT2D eigenvalue weighted by Crippen LogP contribution is 2.20. The van der Waals surface area contributed by atoms with E-state index in [9.17, 15) is 0 Å². The Hall–Kier alpha value is -1.59. The minimum absolute atomic E-state index is 0.0823. The molecule has 0 saturated heterocycles. The molecule has 2 N–H and O–H groups in total. The summed E-state index contributed by atoms with van der Waals surface area (Å²) in [7, 11) is 7.72. The molecule has 0 fully saturated rings. The van der Waals surface area contributed by atoms with Crippen molar-refractivity contribution in [3.05, 3.63) is 35.4 Å². The summed E-state index contributed by atoms with van der Waals surface area (Å²) < 4.78 is 5.58. The van der Waals surface area contributed by atoms with Gasteiger partial charge in [-0.15, -0.1) is 0 Å². The van der Waals surface area contributed by atoms with E-state index in [2.05, 4.69) is 79.7 Å². The van der Waals surface area contributed by atoms with Crippen LogP contribution < -0.4 is 10.6 Å². The van der Waals surface area contributed by atoms with Gasteiger partial charge < -0.3 is 20.3 Å². The van der Waals surface area contributed by atoms with Crippen molar-refractivity contribution in [1.29, 1.82) is 0 Å². The van der Waals surface area contributed by atoms with Gasteiger partial charge in [0.15, 0.2) is 5.96 Å². The minimum Gasteiger partial charge on any atom is -0.379 e. The maximum absolute atomic E-state index is 5.58. The lowest BCUT2D eigenvalue weighted by atomic mass is 9.89. The van der Waals surface area contributed by atoms with Crippen LogP contribution in [0.2, 0.25) is 0 Å². The zero-order valence-corrected chi connectivity index (χ0v) is 16.3. The van der Waals surface area contributed by atoms with E-state index in [1.165, 1.54) is 11.1 Å². The highest BCUT2D eigenvalue weighted by atomic mass is 16.5.